The maximum Gasteiger partial charge on any atom is 0.187 e. The Bertz CT molecular complexity index is 692. The lowest BCUT2D eigenvalue weighted by molar-refractivity contribution is 0.104. The van der Waals surface area contributed by atoms with Crippen LogP contribution in [0.4, 0.5) is 0 Å². The lowest BCUT2D eigenvalue weighted by Crippen LogP contribution is -1.95. The van der Waals surface area contributed by atoms with E-state index in [9.17, 15) is 4.79 Å². The number of hydrogen-bond donors (Lipinski definition) is 0. The van der Waals surface area contributed by atoms with Gasteiger partial charge in [-0.3, -0.25) is 4.79 Å². The van der Waals surface area contributed by atoms with E-state index in [-0.39, 0.29) is 5.78 Å². The second-order valence-corrected chi connectivity index (χ2v) is 5.65. The second kappa shape index (κ2) is 6.64. The van der Waals surface area contributed by atoms with Gasteiger partial charge in [0.1, 0.15) is 0 Å². The monoisotopic (exact) mass is 344 g/mol. The van der Waals surface area contributed by atoms with Crippen LogP contribution in [0, 0.1) is 0 Å². The minimum absolute atomic E-state index is 0.210. The van der Waals surface area contributed by atoms with Gasteiger partial charge in [-0.15, -0.1) is 0 Å². The van der Waals surface area contributed by atoms with Gasteiger partial charge in [-0.25, -0.2) is 0 Å². The van der Waals surface area contributed by atoms with Crippen molar-refractivity contribution < 1.29 is 4.79 Å². The number of allylic oxidation sites excluding steroid dienone is 1. The molecule has 0 aliphatic heterocycles. The highest BCUT2D eigenvalue weighted by atomic mass is 35.5. The molecule has 0 heterocycles. The normalized spacial score (nSPS) is 11.0. The van der Waals surface area contributed by atoms with Gasteiger partial charge in [0.05, 0.1) is 15.1 Å². The van der Waals surface area contributed by atoms with Crippen molar-refractivity contribution in [3.63, 3.8) is 0 Å². The molecule has 1 nitrogen and oxygen atoms in total. The maximum absolute atomic E-state index is 12.0. The van der Waals surface area contributed by atoms with E-state index in [1.807, 2.05) is 0 Å². The van der Waals surface area contributed by atoms with Crippen molar-refractivity contribution in [2.24, 2.45) is 0 Å². The Morgan fingerprint density at radius 1 is 0.850 bits per heavy atom. The molecule has 2 aromatic rings. The molecule has 2 rings (SSSR count). The summed E-state index contributed by atoms with van der Waals surface area (Å²) < 4.78 is 0. The van der Waals surface area contributed by atoms with Gasteiger partial charge in [0.15, 0.2) is 5.78 Å². The van der Waals surface area contributed by atoms with Crippen molar-refractivity contribution in [2.75, 3.05) is 0 Å². The van der Waals surface area contributed by atoms with E-state index in [0.717, 1.165) is 5.56 Å². The van der Waals surface area contributed by atoms with Gasteiger partial charge in [-0.05, 0) is 42.0 Å². The van der Waals surface area contributed by atoms with Gasteiger partial charge in [0.2, 0.25) is 0 Å². The molecule has 2 aromatic carbocycles. The topological polar surface area (TPSA) is 17.1 Å². The van der Waals surface area contributed by atoms with Crippen LogP contribution in [-0.2, 0) is 0 Å². The predicted octanol–water partition coefficient (Wildman–Crippen LogP) is 6.20. The standard InChI is InChI=1S/C15H8Cl4O/c16-10-3-4-11(13(18)8-10)15(20)6-2-9-1-5-12(17)14(19)7-9/h1-8H/b6-2+. The molecule has 20 heavy (non-hydrogen) atoms. The molecule has 0 saturated carbocycles. The molecule has 0 N–H and O–H groups in total. The third-order valence-electron chi connectivity index (χ3n) is 2.57. The van der Waals surface area contributed by atoms with E-state index in [0.29, 0.717) is 25.7 Å². The largest absolute Gasteiger partial charge is 0.289 e. The molecule has 102 valence electrons. The van der Waals surface area contributed by atoms with Crippen LogP contribution in [0.3, 0.4) is 0 Å². The van der Waals surface area contributed by atoms with Gasteiger partial charge in [-0.1, -0.05) is 58.5 Å². The fourth-order valence-corrected chi connectivity index (χ4v) is 2.38. The second-order valence-electron chi connectivity index (χ2n) is 4.00. The van der Waals surface area contributed by atoms with Crippen LogP contribution < -0.4 is 0 Å². The Morgan fingerprint density at radius 3 is 2.25 bits per heavy atom. The van der Waals surface area contributed by atoms with Gasteiger partial charge in [0, 0.05) is 10.6 Å². The van der Waals surface area contributed by atoms with Gasteiger partial charge >= 0.3 is 0 Å². The molecule has 0 spiro atoms. The molecule has 0 unspecified atom stereocenters. The number of benzene rings is 2. The van der Waals surface area contributed by atoms with Gasteiger partial charge in [-0.2, -0.15) is 0 Å². The number of ketones is 1. The minimum Gasteiger partial charge on any atom is -0.289 e. The van der Waals surface area contributed by atoms with Crippen molar-refractivity contribution in [1.29, 1.82) is 0 Å². The molecule has 0 saturated heterocycles. The van der Waals surface area contributed by atoms with E-state index >= 15 is 0 Å². The zero-order valence-corrected chi connectivity index (χ0v) is 13.1. The number of halogens is 4. The van der Waals surface area contributed by atoms with Crippen molar-refractivity contribution in [2.45, 2.75) is 0 Å². The van der Waals surface area contributed by atoms with E-state index < -0.39 is 0 Å². The van der Waals surface area contributed by atoms with Crippen LogP contribution in [0.1, 0.15) is 15.9 Å². The predicted molar refractivity (Wildman–Crippen MR) is 86.3 cm³/mol. The summed E-state index contributed by atoms with van der Waals surface area (Å²) in [6.07, 6.45) is 3.07. The highest BCUT2D eigenvalue weighted by Crippen LogP contribution is 2.24. The Balaban J connectivity index is 2.22. The number of hydrogen-bond acceptors (Lipinski definition) is 1. The fourth-order valence-electron chi connectivity index (χ4n) is 1.57. The number of carbonyl (C=O) groups is 1. The molecule has 0 amide bonds. The summed E-state index contributed by atoms with van der Waals surface area (Å²) >= 11 is 23.5. The molecule has 5 heteroatoms. The Labute approximate surface area is 136 Å². The molecule has 0 aliphatic rings. The van der Waals surface area contributed by atoms with Crippen LogP contribution in [0.25, 0.3) is 6.08 Å². The highest BCUT2D eigenvalue weighted by molar-refractivity contribution is 6.42. The molecule has 0 fully saturated rings. The molecule has 0 atom stereocenters. The Kier molecular flexibility index (Phi) is 5.11. The van der Waals surface area contributed by atoms with E-state index in [2.05, 4.69) is 0 Å². The van der Waals surface area contributed by atoms with Crippen LogP contribution in [0.2, 0.25) is 20.1 Å². The summed E-state index contributed by atoms with van der Waals surface area (Å²) in [4.78, 5) is 12.0. The average molecular weight is 346 g/mol. The summed E-state index contributed by atoms with van der Waals surface area (Å²) in [5.74, 6) is -0.210. The van der Waals surface area contributed by atoms with Crippen molar-refractivity contribution in [1.82, 2.24) is 0 Å². The summed E-state index contributed by atoms with van der Waals surface area (Å²) in [7, 11) is 0. The number of rotatable bonds is 3. The zero-order chi connectivity index (χ0) is 14.7. The molecule has 0 aliphatic carbocycles. The van der Waals surface area contributed by atoms with Crippen molar-refractivity contribution in [3.05, 3.63) is 73.7 Å². The Morgan fingerprint density at radius 2 is 1.60 bits per heavy atom. The smallest absolute Gasteiger partial charge is 0.187 e. The average Bonchev–Trinajstić information content (AvgIpc) is 2.40. The Hall–Kier alpha value is -0.990. The minimum atomic E-state index is -0.210. The summed E-state index contributed by atoms with van der Waals surface area (Å²) in [5, 5.41) is 1.71. The SMILES string of the molecule is O=C(/C=C/c1ccc(Cl)c(Cl)c1)c1ccc(Cl)cc1Cl. The third-order valence-corrected chi connectivity index (χ3v) is 3.85. The van der Waals surface area contributed by atoms with Gasteiger partial charge in [0.25, 0.3) is 0 Å². The number of carbonyl (C=O) groups excluding carboxylic acids is 1. The van der Waals surface area contributed by atoms with Crippen molar-refractivity contribution in [3.8, 4) is 0 Å². The lowest BCUT2D eigenvalue weighted by Gasteiger charge is -2.01. The van der Waals surface area contributed by atoms with E-state index in [4.69, 9.17) is 46.4 Å². The molecular weight excluding hydrogens is 338 g/mol. The first-order chi connectivity index (χ1) is 9.47. The summed E-state index contributed by atoms with van der Waals surface area (Å²) in [6, 6.07) is 9.85. The maximum atomic E-state index is 12.0. The lowest BCUT2D eigenvalue weighted by atomic mass is 10.1. The quantitative estimate of drug-likeness (QED) is 0.478. The molecule has 0 aromatic heterocycles. The van der Waals surface area contributed by atoms with Gasteiger partial charge < -0.3 is 0 Å². The first-order valence-corrected chi connectivity index (χ1v) is 7.11. The van der Waals surface area contributed by atoms with Crippen LogP contribution in [-0.4, -0.2) is 5.78 Å². The first kappa shape index (κ1) is 15.4. The van der Waals surface area contributed by atoms with E-state index in [1.165, 1.54) is 12.1 Å². The molecular formula is C15H8Cl4O. The van der Waals surface area contributed by atoms with E-state index in [1.54, 1.807) is 36.4 Å². The fraction of sp³-hybridized carbons (Fsp3) is 0. The highest BCUT2D eigenvalue weighted by Gasteiger charge is 2.07. The first-order valence-electron chi connectivity index (χ1n) is 5.60. The van der Waals surface area contributed by atoms with Crippen LogP contribution in [0.5, 0.6) is 0 Å². The zero-order valence-electron chi connectivity index (χ0n) is 10.0. The van der Waals surface area contributed by atoms with Crippen LogP contribution >= 0.6 is 46.4 Å². The van der Waals surface area contributed by atoms with Crippen LogP contribution in [0.15, 0.2) is 42.5 Å². The third kappa shape index (κ3) is 3.77. The summed E-state index contributed by atoms with van der Waals surface area (Å²) in [5.41, 5.74) is 1.17. The molecule has 0 bridgehead atoms. The van der Waals surface area contributed by atoms with Crippen molar-refractivity contribution >= 4 is 58.3 Å². The molecule has 0 radical (unpaired) electrons. The summed E-state index contributed by atoms with van der Waals surface area (Å²) in [6.45, 7) is 0.